The highest BCUT2D eigenvalue weighted by atomic mass is 16.5. The second-order valence-corrected chi connectivity index (χ2v) is 24.2. The van der Waals surface area contributed by atoms with Crippen molar-refractivity contribution in [3.63, 3.8) is 0 Å². The minimum Gasteiger partial charge on any atom is -0.458 e. The van der Waals surface area contributed by atoms with Crippen molar-refractivity contribution in [3.8, 4) is 107 Å². The Bertz CT molecular complexity index is 5160. The number of ether oxygens (including phenoxy) is 1. The van der Waals surface area contributed by atoms with Crippen molar-refractivity contribution in [2.75, 3.05) is 0 Å². The summed E-state index contributed by atoms with van der Waals surface area (Å²) in [6, 6.07) is 78.8. The van der Waals surface area contributed by atoms with Gasteiger partial charge in [-0.2, -0.15) is 0 Å². The predicted octanol–water partition coefficient (Wildman–Crippen LogP) is 20.6. The van der Waals surface area contributed by atoms with Gasteiger partial charge in [0.1, 0.15) is 17.3 Å². The van der Waals surface area contributed by atoms with E-state index < -0.39 is 18.1 Å². The van der Waals surface area contributed by atoms with Gasteiger partial charge in [0.25, 0.3) is 6.33 Å². The summed E-state index contributed by atoms with van der Waals surface area (Å²) in [6.45, 7) is 13.4. The molecule has 14 aromatic rings. The molecule has 85 heavy (non-hydrogen) atoms. The Balaban J connectivity index is 1.02. The number of imidazole rings is 1. The molecule has 4 heterocycles. The van der Waals surface area contributed by atoms with Gasteiger partial charge >= 0.3 is 0 Å². The van der Waals surface area contributed by atoms with Crippen molar-refractivity contribution in [3.05, 3.63) is 284 Å². The summed E-state index contributed by atoms with van der Waals surface area (Å²) in [6.07, 6.45) is 5.88. The lowest BCUT2D eigenvalue weighted by atomic mass is 9.81. The van der Waals surface area contributed by atoms with Crippen LogP contribution in [0.1, 0.15) is 59.5 Å². The van der Waals surface area contributed by atoms with Gasteiger partial charge in [-0.15, -0.1) is 0 Å². The van der Waals surface area contributed by atoms with E-state index in [2.05, 4.69) is 227 Å². The molecule has 0 N–H and O–H groups in total. The van der Waals surface area contributed by atoms with Crippen LogP contribution < -0.4 is 9.30 Å². The molecule has 0 saturated heterocycles. The Morgan fingerprint density at radius 1 is 0.412 bits per heavy atom. The first-order valence-electron chi connectivity index (χ1n) is 31.5. The number of hydrogen-bond donors (Lipinski definition) is 0. The first kappa shape index (κ1) is 46.2. The highest BCUT2D eigenvalue weighted by Crippen LogP contribution is 2.48. The lowest BCUT2D eigenvalue weighted by Crippen LogP contribution is -2.32. The second kappa shape index (κ2) is 20.2. The molecule has 1 aliphatic rings. The standard InChI is InChI=1S/C80H62N4O/c1-79(2,3)59-36-38-67-65-30-16-17-31-66(65)72-45-57(54-26-14-9-15-27-54)46-75-78(72)83(77-64(33-21-34-70(77)71(67)47-59)58-43-55(52-22-10-7-11-23-52)42-56(44-58)53-24-12-8-13-25-53)51-82(75)61-28-20-29-62(49-61)85-63-37-39-69-68-32-18-19-35-73(68)84(74(69)50-63)76-48-60(40-41-81-76)80(4,5)6/h7-50H,1-6H3/i9D,14D,15D,26D,27D. The smallest absolute Gasteiger partial charge is 0.269 e. The van der Waals surface area contributed by atoms with Crippen LogP contribution in [0.15, 0.2) is 267 Å². The van der Waals surface area contributed by atoms with Crippen molar-refractivity contribution >= 4 is 32.8 Å². The van der Waals surface area contributed by atoms with Gasteiger partial charge in [-0.3, -0.25) is 13.7 Å². The Labute approximate surface area is 504 Å². The molecule has 15 rings (SSSR count). The number of para-hydroxylation sites is 2. The minimum atomic E-state index is -0.452. The SMILES string of the molecule is [2H]c1c([2H])c([2H])c(-c2cc3c4c(c2)n(-c2cccc(Oc5ccc6c7ccccc7n(-c7cc(C(C)(C)C)ccn7)c6c5)c2)[c-][n+]4-c2c(-c4cc(-c5ccccc5)cc(-c5ccccc5)c4)cccc2-c2cc(C(C)(C)C)ccc2-c2ccccc2-3)c([2H])c1[2H]. The summed E-state index contributed by atoms with van der Waals surface area (Å²) in [5, 5.41) is 2.19. The van der Waals surface area contributed by atoms with Crippen LogP contribution in [0.3, 0.4) is 0 Å². The highest BCUT2D eigenvalue weighted by Gasteiger charge is 2.29. The van der Waals surface area contributed by atoms with Gasteiger partial charge in [0, 0.05) is 23.0 Å². The molecule has 0 aliphatic carbocycles. The van der Waals surface area contributed by atoms with Crippen LogP contribution in [0.4, 0.5) is 0 Å². The zero-order valence-electron chi connectivity index (χ0n) is 53.2. The monoisotopic (exact) mass is 1100 g/mol. The normalized spacial score (nSPS) is 12.9. The van der Waals surface area contributed by atoms with Gasteiger partial charge in [0.15, 0.2) is 0 Å². The fourth-order valence-electron chi connectivity index (χ4n) is 12.5. The Morgan fingerprint density at radius 3 is 1.75 bits per heavy atom. The molecule has 0 spiro atoms. The molecule has 1 aliphatic heterocycles. The lowest BCUT2D eigenvalue weighted by Gasteiger charge is -2.24. The summed E-state index contributed by atoms with van der Waals surface area (Å²) in [5.74, 6) is 2.04. The minimum absolute atomic E-state index is 0.0884. The highest BCUT2D eigenvalue weighted by molar-refractivity contribution is 6.10. The fraction of sp³-hybridized carbons (Fsp3) is 0.100. The zero-order chi connectivity index (χ0) is 61.9. The van der Waals surface area contributed by atoms with E-state index in [4.69, 9.17) is 13.8 Å². The Morgan fingerprint density at radius 2 is 1.01 bits per heavy atom. The predicted molar refractivity (Wildman–Crippen MR) is 351 cm³/mol. The maximum Gasteiger partial charge on any atom is 0.269 e. The van der Waals surface area contributed by atoms with Crippen LogP contribution in [0.2, 0.25) is 0 Å². The number of pyridine rings is 1. The van der Waals surface area contributed by atoms with E-state index in [-0.39, 0.29) is 28.5 Å². The van der Waals surface area contributed by atoms with Crippen LogP contribution in [0.5, 0.6) is 11.5 Å². The maximum absolute atomic E-state index is 9.45. The van der Waals surface area contributed by atoms with E-state index in [0.29, 0.717) is 22.6 Å². The first-order chi connectivity index (χ1) is 43.5. The lowest BCUT2D eigenvalue weighted by molar-refractivity contribution is -0.570. The van der Waals surface area contributed by atoms with Crippen LogP contribution in [-0.2, 0) is 10.8 Å². The number of rotatable bonds is 8. The summed E-state index contributed by atoms with van der Waals surface area (Å²) in [7, 11) is 0. The maximum atomic E-state index is 9.45. The number of fused-ring (bicyclic) bond motifs is 10. The third-order valence-electron chi connectivity index (χ3n) is 16.7. The van der Waals surface area contributed by atoms with Crippen molar-refractivity contribution in [2.24, 2.45) is 0 Å². The molecule has 0 unspecified atom stereocenters. The average Bonchev–Trinajstić information content (AvgIpc) is 1.54. The quantitative estimate of drug-likeness (QED) is 0.112. The molecule has 5 heteroatoms. The summed E-state index contributed by atoms with van der Waals surface area (Å²) >= 11 is 0. The van der Waals surface area contributed by atoms with Crippen LogP contribution in [-0.4, -0.2) is 14.1 Å². The van der Waals surface area contributed by atoms with Crippen molar-refractivity contribution in [1.29, 1.82) is 0 Å². The summed E-state index contributed by atoms with van der Waals surface area (Å²) < 4.78 is 58.9. The van der Waals surface area contributed by atoms with Gasteiger partial charge in [-0.1, -0.05) is 223 Å². The van der Waals surface area contributed by atoms with E-state index >= 15 is 0 Å². The number of aromatic nitrogens is 4. The zero-order valence-corrected chi connectivity index (χ0v) is 48.2. The number of nitrogens with zero attached hydrogens (tertiary/aromatic N) is 4. The fourth-order valence-corrected chi connectivity index (χ4v) is 12.5. The Hall–Kier alpha value is -10.4. The molecule has 0 radical (unpaired) electrons. The molecule has 0 fully saturated rings. The third kappa shape index (κ3) is 9.11. The Kier molecular flexibility index (Phi) is 11.0. The summed E-state index contributed by atoms with van der Waals surface area (Å²) in [5.41, 5.74) is 19.7. The van der Waals surface area contributed by atoms with Crippen LogP contribution >= 0.6 is 0 Å². The third-order valence-corrected chi connectivity index (χ3v) is 16.7. The number of benzene rings is 11. The molecular formula is C80H62N4O. The van der Waals surface area contributed by atoms with E-state index in [1.165, 1.54) is 11.1 Å². The average molecular weight is 1100 g/mol. The van der Waals surface area contributed by atoms with Gasteiger partial charge in [-0.05, 0) is 173 Å². The molecule has 0 saturated carbocycles. The van der Waals surface area contributed by atoms with E-state index in [0.717, 1.165) is 111 Å². The van der Waals surface area contributed by atoms with E-state index in [1.54, 1.807) is 0 Å². The van der Waals surface area contributed by atoms with Crippen LogP contribution in [0.25, 0.3) is 128 Å². The second-order valence-electron chi connectivity index (χ2n) is 24.2. The summed E-state index contributed by atoms with van der Waals surface area (Å²) in [4.78, 5) is 4.94. The molecule has 3 aromatic heterocycles. The molecule has 0 amide bonds. The molecule has 408 valence electrons. The first-order valence-corrected chi connectivity index (χ1v) is 29.0. The van der Waals surface area contributed by atoms with E-state index in [9.17, 15) is 2.74 Å². The molecule has 5 nitrogen and oxygen atoms in total. The van der Waals surface area contributed by atoms with Gasteiger partial charge in [0.05, 0.1) is 40.3 Å². The number of hydrogen-bond acceptors (Lipinski definition) is 2. The van der Waals surface area contributed by atoms with E-state index in [1.807, 2.05) is 71.4 Å². The van der Waals surface area contributed by atoms with Crippen molar-refractivity contribution in [1.82, 2.24) is 14.1 Å². The molecular weight excluding hydrogens is 1030 g/mol. The van der Waals surface area contributed by atoms with Gasteiger partial charge in [0.2, 0.25) is 0 Å². The van der Waals surface area contributed by atoms with Crippen molar-refractivity contribution < 1.29 is 16.2 Å². The largest absolute Gasteiger partial charge is 0.458 e. The molecule has 0 bridgehead atoms. The topological polar surface area (TPSA) is 35.9 Å². The van der Waals surface area contributed by atoms with Gasteiger partial charge < -0.3 is 4.74 Å². The van der Waals surface area contributed by atoms with Crippen molar-refractivity contribution in [2.45, 2.75) is 52.4 Å². The molecule has 0 atom stereocenters. The van der Waals surface area contributed by atoms with Crippen LogP contribution in [0, 0.1) is 6.33 Å². The molecule has 11 aromatic carbocycles. The van der Waals surface area contributed by atoms with Gasteiger partial charge in [-0.25, -0.2) is 4.98 Å².